The van der Waals surface area contributed by atoms with E-state index >= 15 is 0 Å². The van der Waals surface area contributed by atoms with Gasteiger partial charge in [-0.3, -0.25) is 0 Å². The van der Waals surface area contributed by atoms with E-state index in [4.69, 9.17) is 4.74 Å². The standard InChI is InChI=1S/C15H22O4/c1-5-14(3)7-6-10-12(11(14)9(2)8-16)19-13(17)15(10,4)18/h5,10-12,16,18H,1-2,6-8H2,3-4H3/t10-,11-,12-,14-,15-/m1/s1. The van der Waals surface area contributed by atoms with Gasteiger partial charge in [-0.25, -0.2) is 4.79 Å². The highest BCUT2D eigenvalue weighted by Gasteiger charge is 2.60. The van der Waals surface area contributed by atoms with Gasteiger partial charge in [0.2, 0.25) is 0 Å². The molecule has 2 aliphatic rings. The molecule has 0 unspecified atom stereocenters. The maximum Gasteiger partial charge on any atom is 0.338 e. The number of fused-ring (bicyclic) bond motifs is 1. The molecule has 0 spiro atoms. The number of hydrogen-bond acceptors (Lipinski definition) is 4. The second kappa shape index (κ2) is 4.46. The summed E-state index contributed by atoms with van der Waals surface area (Å²) in [6.07, 6.45) is 2.89. The third kappa shape index (κ3) is 1.94. The van der Waals surface area contributed by atoms with Crippen LogP contribution in [-0.4, -0.2) is 34.5 Å². The molecule has 2 rings (SSSR count). The maximum atomic E-state index is 11.8. The van der Waals surface area contributed by atoms with E-state index in [0.29, 0.717) is 12.0 Å². The molecule has 1 aliphatic heterocycles. The van der Waals surface area contributed by atoms with E-state index in [9.17, 15) is 15.0 Å². The number of ether oxygens (including phenoxy) is 1. The Hall–Kier alpha value is -1.13. The minimum atomic E-state index is -1.44. The van der Waals surface area contributed by atoms with Crippen molar-refractivity contribution in [1.29, 1.82) is 0 Å². The monoisotopic (exact) mass is 266 g/mol. The predicted octanol–water partition coefficient (Wildman–Crippen LogP) is 1.43. The minimum Gasteiger partial charge on any atom is -0.459 e. The highest BCUT2D eigenvalue weighted by molar-refractivity contribution is 5.82. The first-order chi connectivity index (χ1) is 8.78. The van der Waals surface area contributed by atoms with Gasteiger partial charge in [0, 0.05) is 11.8 Å². The number of rotatable bonds is 3. The summed E-state index contributed by atoms with van der Waals surface area (Å²) >= 11 is 0. The summed E-state index contributed by atoms with van der Waals surface area (Å²) < 4.78 is 5.40. The van der Waals surface area contributed by atoms with Crippen molar-refractivity contribution in [2.75, 3.05) is 6.61 Å². The van der Waals surface area contributed by atoms with Gasteiger partial charge < -0.3 is 14.9 Å². The van der Waals surface area contributed by atoms with E-state index in [0.717, 1.165) is 6.42 Å². The second-order valence-electron chi connectivity index (χ2n) is 6.17. The Morgan fingerprint density at radius 1 is 1.58 bits per heavy atom. The lowest BCUT2D eigenvalue weighted by Crippen LogP contribution is -2.48. The van der Waals surface area contributed by atoms with E-state index in [1.165, 1.54) is 6.92 Å². The van der Waals surface area contributed by atoms with Crippen molar-refractivity contribution in [2.45, 2.75) is 38.4 Å². The molecule has 19 heavy (non-hydrogen) atoms. The minimum absolute atomic E-state index is 0.156. The van der Waals surface area contributed by atoms with Crippen LogP contribution in [0.3, 0.4) is 0 Å². The van der Waals surface area contributed by atoms with Crippen LogP contribution in [0, 0.1) is 17.3 Å². The topological polar surface area (TPSA) is 66.8 Å². The maximum absolute atomic E-state index is 11.8. The fourth-order valence-electron chi connectivity index (χ4n) is 3.57. The Morgan fingerprint density at radius 2 is 2.21 bits per heavy atom. The lowest BCUT2D eigenvalue weighted by atomic mass is 9.59. The van der Waals surface area contributed by atoms with Crippen LogP contribution in [0.25, 0.3) is 0 Å². The normalized spacial score (nSPS) is 45.5. The van der Waals surface area contributed by atoms with Crippen molar-refractivity contribution in [2.24, 2.45) is 17.3 Å². The number of carbonyl (C=O) groups is 1. The van der Waals surface area contributed by atoms with Gasteiger partial charge in [-0.2, -0.15) is 0 Å². The number of aliphatic hydroxyl groups is 2. The van der Waals surface area contributed by atoms with Crippen molar-refractivity contribution < 1.29 is 19.7 Å². The van der Waals surface area contributed by atoms with Crippen LogP contribution < -0.4 is 0 Å². The zero-order valence-electron chi connectivity index (χ0n) is 11.6. The molecule has 1 saturated heterocycles. The SMILES string of the molecule is C=C[C@]1(C)CC[C@@H]2[C@@H](OC(=O)[C@]2(C)O)[C@H]1C(=C)CO. The van der Waals surface area contributed by atoms with Crippen LogP contribution in [0.4, 0.5) is 0 Å². The molecule has 2 fully saturated rings. The lowest BCUT2D eigenvalue weighted by molar-refractivity contribution is -0.155. The lowest BCUT2D eigenvalue weighted by Gasteiger charge is -2.46. The van der Waals surface area contributed by atoms with Gasteiger partial charge >= 0.3 is 5.97 Å². The summed E-state index contributed by atoms with van der Waals surface area (Å²) in [4.78, 5) is 11.8. The number of aliphatic hydroxyl groups excluding tert-OH is 1. The second-order valence-corrected chi connectivity index (χ2v) is 6.17. The molecule has 0 bridgehead atoms. The molecule has 106 valence electrons. The van der Waals surface area contributed by atoms with E-state index < -0.39 is 17.7 Å². The third-order valence-corrected chi connectivity index (χ3v) is 4.92. The van der Waals surface area contributed by atoms with Crippen molar-refractivity contribution in [3.05, 3.63) is 24.8 Å². The first-order valence-corrected chi connectivity index (χ1v) is 6.63. The number of carbonyl (C=O) groups excluding carboxylic acids is 1. The fourth-order valence-corrected chi connectivity index (χ4v) is 3.57. The Labute approximate surface area is 113 Å². The summed E-state index contributed by atoms with van der Waals surface area (Å²) in [6.45, 7) is 11.2. The van der Waals surface area contributed by atoms with E-state index in [1.54, 1.807) is 0 Å². The molecule has 4 heteroatoms. The van der Waals surface area contributed by atoms with Crippen LogP contribution >= 0.6 is 0 Å². The number of esters is 1. The predicted molar refractivity (Wildman–Crippen MR) is 71.2 cm³/mol. The number of allylic oxidation sites excluding steroid dienone is 1. The highest BCUT2D eigenvalue weighted by Crippen LogP contribution is 2.53. The molecule has 0 aromatic carbocycles. The van der Waals surface area contributed by atoms with Gasteiger partial charge in [-0.05, 0) is 30.8 Å². The summed E-state index contributed by atoms with van der Waals surface area (Å²) in [5.41, 5.74) is -1.09. The molecule has 0 aromatic rings. The van der Waals surface area contributed by atoms with Gasteiger partial charge in [0.05, 0.1) is 6.61 Å². The molecule has 1 saturated carbocycles. The largest absolute Gasteiger partial charge is 0.459 e. The van der Waals surface area contributed by atoms with Crippen molar-refractivity contribution in [3.63, 3.8) is 0 Å². The molecule has 4 nitrogen and oxygen atoms in total. The van der Waals surface area contributed by atoms with Crippen LogP contribution in [0.1, 0.15) is 26.7 Å². The van der Waals surface area contributed by atoms with E-state index in [2.05, 4.69) is 13.2 Å². The molecule has 5 atom stereocenters. The molecule has 0 radical (unpaired) electrons. The van der Waals surface area contributed by atoms with Gasteiger partial charge in [-0.15, -0.1) is 6.58 Å². The average molecular weight is 266 g/mol. The molecule has 0 aromatic heterocycles. The molecule has 0 amide bonds. The smallest absolute Gasteiger partial charge is 0.338 e. The molecule has 1 heterocycles. The Morgan fingerprint density at radius 3 is 2.74 bits per heavy atom. The first-order valence-electron chi connectivity index (χ1n) is 6.63. The van der Waals surface area contributed by atoms with Crippen molar-refractivity contribution in [1.82, 2.24) is 0 Å². The molecule has 1 aliphatic carbocycles. The highest BCUT2D eigenvalue weighted by atomic mass is 16.6. The quantitative estimate of drug-likeness (QED) is 0.599. The van der Waals surface area contributed by atoms with Gasteiger partial charge in [0.15, 0.2) is 5.60 Å². The Kier molecular flexibility index (Phi) is 3.35. The summed E-state index contributed by atoms with van der Waals surface area (Å²) in [5.74, 6) is -1.03. The van der Waals surface area contributed by atoms with Gasteiger partial charge in [-0.1, -0.05) is 19.6 Å². The average Bonchev–Trinajstić information content (AvgIpc) is 2.59. The summed E-state index contributed by atoms with van der Waals surface area (Å²) in [6, 6.07) is 0. The zero-order chi connectivity index (χ0) is 14.4. The van der Waals surface area contributed by atoms with Crippen LogP contribution in [-0.2, 0) is 9.53 Å². The molecular weight excluding hydrogens is 244 g/mol. The summed E-state index contributed by atoms with van der Waals surface area (Å²) in [7, 11) is 0. The van der Waals surface area contributed by atoms with Gasteiger partial charge in [0.1, 0.15) is 6.10 Å². The van der Waals surface area contributed by atoms with Crippen LogP contribution in [0.15, 0.2) is 24.8 Å². The van der Waals surface area contributed by atoms with Crippen molar-refractivity contribution in [3.8, 4) is 0 Å². The molecular formula is C15H22O4. The zero-order valence-corrected chi connectivity index (χ0v) is 11.6. The third-order valence-electron chi connectivity index (χ3n) is 4.92. The van der Waals surface area contributed by atoms with Gasteiger partial charge in [0.25, 0.3) is 0 Å². The molecule has 2 N–H and O–H groups in total. The Balaban J connectivity index is 2.42. The summed E-state index contributed by atoms with van der Waals surface area (Å²) in [5, 5.41) is 19.7. The number of hydrogen-bond donors (Lipinski definition) is 2. The van der Waals surface area contributed by atoms with E-state index in [-0.39, 0.29) is 23.9 Å². The van der Waals surface area contributed by atoms with Crippen molar-refractivity contribution >= 4 is 5.97 Å². The fraction of sp³-hybridized carbons (Fsp3) is 0.667. The van der Waals surface area contributed by atoms with E-state index in [1.807, 2.05) is 13.0 Å². The van der Waals surface area contributed by atoms with Crippen LogP contribution in [0.2, 0.25) is 0 Å². The Bertz CT molecular complexity index is 426. The van der Waals surface area contributed by atoms with Crippen LogP contribution in [0.5, 0.6) is 0 Å². The first kappa shape index (κ1) is 14.3.